The Balaban J connectivity index is 1.57. The molecule has 1 aromatic heterocycles. The fourth-order valence-electron chi connectivity index (χ4n) is 3.89. The van der Waals surface area contributed by atoms with Gasteiger partial charge in [-0.05, 0) is 37.6 Å². The predicted molar refractivity (Wildman–Crippen MR) is 113 cm³/mol. The smallest absolute Gasteiger partial charge is 0.282 e. The van der Waals surface area contributed by atoms with Gasteiger partial charge in [-0.15, -0.1) is 0 Å². The van der Waals surface area contributed by atoms with Crippen molar-refractivity contribution in [3.8, 4) is 11.1 Å². The van der Waals surface area contributed by atoms with Crippen LogP contribution in [-0.4, -0.2) is 54.9 Å². The number of rotatable bonds is 5. The zero-order chi connectivity index (χ0) is 24.0. The third-order valence-electron chi connectivity index (χ3n) is 5.63. The van der Waals surface area contributed by atoms with E-state index in [-0.39, 0.29) is 41.4 Å². The number of halogens is 4. The summed E-state index contributed by atoms with van der Waals surface area (Å²) < 4.78 is 83.4. The number of oxime groups is 1. The molecular formula is C21H22F4N4O3S. The van der Waals surface area contributed by atoms with Crippen LogP contribution in [0.25, 0.3) is 11.1 Å². The molecule has 1 fully saturated rings. The topological polar surface area (TPSA) is 83.9 Å². The van der Waals surface area contributed by atoms with Gasteiger partial charge in [-0.1, -0.05) is 11.2 Å². The maximum Gasteiger partial charge on any atom is 0.282 e. The van der Waals surface area contributed by atoms with E-state index in [4.69, 9.17) is 4.84 Å². The fourth-order valence-corrected chi connectivity index (χ4v) is 4.74. The summed E-state index contributed by atoms with van der Waals surface area (Å²) in [5.41, 5.74) is 0.813. The van der Waals surface area contributed by atoms with Gasteiger partial charge in [-0.25, -0.2) is 30.7 Å². The number of sulfonamides is 1. The molecule has 2 atom stereocenters. The molecule has 178 valence electrons. The van der Waals surface area contributed by atoms with E-state index in [1.807, 2.05) is 4.72 Å². The summed E-state index contributed by atoms with van der Waals surface area (Å²) in [6.07, 6.45) is 0.690. The normalized spacial score (nSPS) is 22.4. The number of nitrogens with zero attached hydrogens (tertiary/aromatic N) is 3. The summed E-state index contributed by atoms with van der Waals surface area (Å²) in [4.78, 5) is 11.0. The lowest BCUT2D eigenvalue weighted by atomic mass is 9.97. The molecule has 0 spiro atoms. The monoisotopic (exact) mass is 486 g/mol. The first-order valence-corrected chi connectivity index (χ1v) is 11.9. The van der Waals surface area contributed by atoms with Crippen LogP contribution in [0, 0.1) is 18.6 Å². The van der Waals surface area contributed by atoms with Gasteiger partial charge in [0.1, 0.15) is 23.5 Å². The van der Waals surface area contributed by atoms with Gasteiger partial charge in [-0.2, -0.15) is 0 Å². The first-order chi connectivity index (χ1) is 15.5. The van der Waals surface area contributed by atoms with Crippen molar-refractivity contribution in [1.82, 2.24) is 14.6 Å². The Bertz CT molecular complexity index is 1190. The van der Waals surface area contributed by atoms with Gasteiger partial charge in [0.15, 0.2) is 6.10 Å². The van der Waals surface area contributed by atoms with Gasteiger partial charge in [0, 0.05) is 18.3 Å². The molecule has 2 aromatic rings. The van der Waals surface area contributed by atoms with Crippen molar-refractivity contribution in [2.24, 2.45) is 5.16 Å². The van der Waals surface area contributed by atoms with Crippen molar-refractivity contribution in [3.05, 3.63) is 53.4 Å². The van der Waals surface area contributed by atoms with E-state index in [1.54, 1.807) is 13.0 Å². The van der Waals surface area contributed by atoms with Crippen LogP contribution in [0.5, 0.6) is 0 Å². The zero-order valence-corrected chi connectivity index (χ0v) is 18.7. The first kappa shape index (κ1) is 23.4. The lowest BCUT2D eigenvalue weighted by molar-refractivity contribution is -0.00126. The third-order valence-corrected chi connectivity index (χ3v) is 7.03. The van der Waals surface area contributed by atoms with Crippen LogP contribution in [0.1, 0.15) is 30.7 Å². The molecule has 7 nitrogen and oxygen atoms in total. The van der Waals surface area contributed by atoms with E-state index in [0.717, 1.165) is 12.1 Å². The Morgan fingerprint density at radius 2 is 1.97 bits per heavy atom. The molecule has 4 rings (SSSR count). The Morgan fingerprint density at radius 3 is 2.64 bits per heavy atom. The van der Waals surface area contributed by atoms with Gasteiger partial charge in [0.05, 0.1) is 30.0 Å². The van der Waals surface area contributed by atoms with E-state index >= 15 is 0 Å². The molecule has 33 heavy (non-hydrogen) atoms. The molecule has 1 N–H and O–H groups in total. The maximum absolute atomic E-state index is 14.5. The summed E-state index contributed by atoms with van der Waals surface area (Å²) in [5, 5.41) is 3.90. The lowest BCUT2D eigenvalue weighted by Gasteiger charge is -2.18. The molecule has 1 aromatic carbocycles. The number of pyridine rings is 1. The van der Waals surface area contributed by atoms with Gasteiger partial charge in [-0.3, -0.25) is 4.98 Å². The second-order valence-corrected chi connectivity index (χ2v) is 10.1. The third kappa shape index (κ3) is 4.67. The first-order valence-electron chi connectivity index (χ1n) is 10.3. The molecular weight excluding hydrogens is 464 g/mol. The highest BCUT2D eigenvalue weighted by atomic mass is 32.2. The Kier molecular flexibility index (Phi) is 6.08. The van der Waals surface area contributed by atoms with E-state index < -0.39 is 46.3 Å². The lowest BCUT2D eigenvalue weighted by Crippen LogP contribution is -2.47. The fraction of sp³-hybridized carbons (Fsp3) is 0.429. The number of benzene rings is 1. The number of aromatic nitrogens is 1. The van der Waals surface area contributed by atoms with Gasteiger partial charge in [0.2, 0.25) is 10.0 Å². The number of likely N-dealkylation sites (tertiary alicyclic amines) is 1. The number of amidine groups is 1. The molecule has 0 aliphatic carbocycles. The van der Waals surface area contributed by atoms with Crippen LogP contribution in [0.15, 0.2) is 35.6 Å². The summed E-state index contributed by atoms with van der Waals surface area (Å²) in [7, 11) is -3.83. The average molecular weight is 486 g/mol. The summed E-state index contributed by atoms with van der Waals surface area (Å²) in [5.74, 6) is -4.99. The quantitative estimate of drug-likeness (QED) is 0.656. The van der Waals surface area contributed by atoms with Crippen molar-refractivity contribution >= 4 is 15.9 Å². The SMILES string of the molecule is CCS(=O)(=O)N[C@@H]1CN(C2=NO[C@H](c3ncc(C)cc3-c3c(F)cccc3F)C2)CC1(F)F. The molecule has 0 saturated carbocycles. The average Bonchev–Trinajstić information content (AvgIpc) is 3.33. The zero-order valence-electron chi connectivity index (χ0n) is 17.9. The molecule has 0 radical (unpaired) electrons. The largest absolute Gasteiger partial charge is 0.384 e. The summed E-state index contributed by atoms with van der Waals surface area (Å²) >= 11 is 0. The molecule has 0 bridgehead atoms. The number of alkyl halides is 2. The van der Waals surface area contributed by atoms with Crippen molar-refractivity contribution in [3.63, 3.8) is 0 Å². The minimum Gasteiger partial charge on any atom is -0.384 e. The van der Waals surface area contributed by atoms with Crippen LogP contribution < -0.4 is 4.72 Å². The number of nitrogens with one attached hydrogen (secondary N) is 1. The Hall–Kier alpha value is -2.73. The molecule has 12 heteroatoms. The van der Waals surface area contributed by atoms with E-state index in [1.165, 1.54) is 24.1 Å². The second kappa shape index (κ2) is 8.56. The van der Waals surface area contributed by atoms with Gasteiger partial charge in [0.25, 0.3) is 5.92 Å². The van der Waals surface area contributed by atoms with E-state index in [2.05, 4.69) is 10.1 Å². The van der Waals surface area contributed by atoms with Crippen LogP contribution in [0.4, 0.5) is 17.6 Å². The second-order valence-electron chi connectivity index (χ2n) is 8.06. The minimum absolute atomic E-state index is 0.0302. The predicted octanol–water partition coefficient (Wildman–Crippen LogP) is 3.37. The van der Waals surface area contributed by atoms with E-state index in [0.29, 0.717) is 5.56 Å². The standard InChI is InChI=1S/C21H22F4N4O3S/c1-3-33(30,31)28-17-10-29(11-21(17,24)25)18-8-16(32-27-18)20-13(7-12(2)9-26-20)19-14(22)5-4-6-15(19)23/h4-7,9,16-17,28H,3,8,10-11H2,1-2H3/t16-,17+/m0/s1. The minimum atomic E-state index is -3.83. The Labute approximate surface area is 188 Å². The molecule has 3 heterocycles. The molecule has 1 saturated heterocycles. The van der Waals surface area contributed by atoms with Crippen LogP contribution in [0.2, 0.25) is 0 Å². The van der Waals surface area contributed by atoms with Crippen LogP contribution >= 0.6 is 0 Å². The van der Waals surface area contributed by atoms with Crippen molar-refractivity contribution in [2.45, 2.75) is 38.3 Å². The Morgan fingerprint density at radius 1 is 1.27 bits per heavy atom. The molecule has 0 unspecified atom stereocenters. The van der Waals surface area contributed by atoms with Crippen LogP contribution in [0.3, 0.4) is 0 Å². The molecule has 0 amide bonds. The molecule has 2 aliphatic rings. The highest BCUT2D eigenvalue weighted by molar-refractivity contribution is 7.89. The van der Waals surface area contributed by atoms with Crippen molar-refractivity contribution < 1.29 is 30.8 Å². The highest BCUT2D eigenvalue weighted by Gasteiger charge is 2.51. The van der Waals surface area contributed by atoms with Crippen LogP contribution in [-0.2, 0) is 14.9 Å². The van der Waals surface area contributed by atoms with Gasteiger partial charge < -0.3 is 9.74 Å². The number of aryl methyl sites for hydroxylation is 1. The molecule has 2 aliphatic heterocycles. The summed E-state index contributed by atoms with van der Waals surface area (Å²) in [6.45, 7) is 2.05. The van der Waals surface area contributed by atoms with E-state index in [9.17, 15) is 26.0 Å². The number of hydrogen-bond acceptors (Lipinski definition) is 6. The number of hydrogen-bond donors (Lipinski definition) is 1. The maximum atomic E-state index is 14.5. The van der Waals surface area contributed by atoms with Crippen molar-refractivity contribution in [2.75, 3.05) is 18.8 Å². The van der Waals surface area contributed by atoms with Gasteiger partial charge >= 0.3 is 0 Å². The van der Waals surface area contributed by atoms with Crippen molar-refractivity contribution in [1.29, 1.82) is 0 Å². The highest BCUT2D eigenvalue weighted by Crippen LogP contribution is 2.38. The summed E-state index contributed by atoms with van der Waals surface area (Å²) in [6, 6.07) is 3.48.